The predicted octanol–water partition coefficient (Wildman–Crippen LogP) is 6.22. The van der Waals surface area contributed by atoms with Crippen LogP contribution in [0.4, 0.5) is 0 Å². The highest BCUT2D eigenvalue weighted by Gasteiger charge is 2.28. The maximum absolute atomic E-state index is 13.9. The third-order valence-corrected chi connectivity index (χ3v) is 8.42. The van der Waals surface area contributed by atoms with E-state index in [4.69, 9.17) is 32.8 Å². The van der Waals surface area contributed by atoms with Crippen LogP contribution in [0.5, 0.6) is 34.5 Å². The highest BCUT2D eigenvalue weighted by molar-refractivity contribution is 8.18. The largest absolute Gasteiger partial charge is 0.496 e. The summed E-state index contributed by atoms with van der Waals surface area (Å²) >= 11 is 0.996. The van der Waals surface area contributed by atoms with Crippen molar-refractivity contribution in [3.05, 3.63) is 74.8 Å². The lowest BCUT2D eigenvalue weighted by molar-refractivity contribution is -0.119. The second kappa shape index (κ2) is 13.4. The van der Waals surface area contributed by atoms with Crippen LogP contribution in [0.3, 0.4) is 0 Å². The van der Waals surface area contributed by atoms with Crippen LogP contribution in [0.15, 0.2) is 62.6 Å². The van der Waals surface area contributed by atoms with Gasteiger partial charge in [0.05, 0.1) is 39.8 Å². The third kappa shape index (κ3) is 6.34. The number of carbonyl (C=O) groups is 2. The van der Waals surface area contributed by atoms with Gasteiger partial charge in [0.1, 0.15) is 41.4 Å². The molecule has 1 aliphatic heterocycles. The van der Waals surface area contributed by atoms with E-state index in [0.29, 0.717) is 33.5 Å². The molecule has 0 atom stereocenters. The minimum atomic E-state index is -0.429. The van der Waals surface area contributed by atoms with Gasteiger partial charge < -0.3 is 32.8 Å². The van der Waals surface area contributed by atoms with Gasteiger partial charge in [0.15, 0.2) is 23.0 Å². The third-order valence-electron chi connectivity index (χ3n) is 7.31. The summed E-state index contributed by atoms with van der Waals surface area (Å²) in [4.78, 5) is 38.3. The normalized spacial score (nSPS) is 14.0. The number of hydrogen-bond acceptors (Lipinski definition) is 11. The van der Waals surface area contributed by atoms with Crippen molar-refractivity contribution in [2.24, 2.45) is 0 Å². The predicted molar refractivity (Wildman–Crippen MR) is 171 cm³/mol. The number of thioether (sulfide) groups is 1. The lowest BCUT2D eigenvalue weighted by atomic mass is 10.00. The van der Waals surface area contributed by atoms with E-state index >= 15 is 0 Å². The monoisotopic (exact) mass is 632 g/mol. The average Bonchev–Trinajstić information content (AvgIpc) is 3.39. The second-order valence-corrected chi connectivity index (χ2v) is 11.1. The van der Waals surface area contributed by atoms with Crippen molar-refractivity contribution in [3.8, 4) is 45.8 Å². The molecule has 1 aliphatic rings. The van der Waals surface area contributed by atoms with E-state index < -0.39 is 5.43 Å². The zero-order chi connectivity index (χ0) is 32.2. The smallest absolute Gasteiger partial charge is 0.239 e. The van der Waals surface area contributed by atoms with Crippen molar-refractivity contribution in [1.29, 1.82) is 0 Å². The fraction of sp³-hybridized carbons (Fsp3) is 0.265. The van der Waals surface area contributed by atoms with E-state index in [1.807, 2.05) is 26.0 Å². The first-order valence-corrected chi connectivity index (χ1v) is 14.8. The Balaban J connectivity index is 1.43. The Morgan fingerprint density at radius 3 is 2.18 bits per heavy atom. The maximum Gasteiger partial charge on any atom is 0.239 e. The molecule has 3 aromatic carbocycles. The van der Waals surface area contributed by atoms with E-state index in [1.54, 1.807) is 36.4 Å². The zero-order valence-electron chi connectivity index (χ0n) is 25.7. The summed E-state index contributed by atoms with van der Waals surface area (Å²) in [5.74, 6) is 2.29. The van der Waals surface area contributed by atoms with Crippen molar-refractivity contribution in [1.82, 2.24) is 0 Å². The van der Waals surface area contributed by atoms with Crippen molar-refractivity contribution < 1.29 is 42.4 Å². The van der Waals surface area contributed by atoms with E-state index in [-0.39, 0.29) is 58.8 Å². The molecule has 0 unspecified atom stereocenters. The molecular weight excluding hydrogens is 600 g/mol. The molecule has 1 fully saturated rings. The number of benzene rings is 3. The highest BCUT2D eigenvalue weighted by Crippen LogP contribution is 2.40. The molecule has 234 valence electrons. The molecule has 0 aliphatic carbocycles. The molecule has 11 heteroatoms. The van der Waals surface area contributed by atoms with Crippen LogP contribution in [0.2, 0.25) is 0 Å². The number of carbonyl (C=O) groups excluding carboxylic acids is 2. The van der Waals surface area contributed by atoms with Gasteiger partial charge in [-0.1, -0.05) is 6.07 Å². The standard InChI is InChI=1S/C34H32O10S/c1-18-13-21(8-9-23(18)19(2)34-24(35)17-29(36)45-34)42-11-12-43-33-31(37)30-27(41-6)15-22(38-3)16-28(30)44-32(33)20-7-10-25(39-4)26(14-20)40-5/h7-10,13-16H,11-12,17H2,1-6H3/b34-19-. The Hall–Kier alpha value is -4.90. The Labute approximate surface area is 263 Å². The summed E-state index contributed by atoms with van der Waals surface area (Å²) < 4.78 is 40.0. The maximum atomic E-state index is 13.9. The number of ketones is 1. The SMILES string of the molecule is COc1cc(OC)c2c(=O)c(OCCOc3ccc(/C(C)=C4\SC(=O)CC4=O)c(C)c3)c(-c3ccc(OC)c(OC)c3)oc2c1. The lowest BCUT2D eigenvalue weighted by Crippen LogP contribution is -2.16. The van der Waals surface area contributed by atoms with E-state index in [1.165, 1.54) is 28.4 Å². The van der Waals surface area contributed by atoms with Crippen molar-refractivity contribution in [2.75, 3.05) is 41.7 Å². The summed E-state index contributed by atoms with van der Waals surface area (Å²) in [6, 6.07) is 13.8. The van der Waals surface area contributed by atoms with Gasteiger partial charge in [-0.2, -0.15) is 0 Å². The van der Waals surface area contributed by atoms with Gasteiger partial charge in [0.25, 0.3) is 0 Å². The number of allylic oxidation sites excluding steroid dienone is 2. The number of hydrogen-bond donors (Lipinski definition) is 0. The van der Waals surface area contributed by atoms with Gasteiger partial charge in [0, 0.05) is 17.7 Å². The van der Waals surface area contributed by atoms with Crippen LogP contribution < -0.4 is 33.8 Å². The fourth-order valence-electron chi connectivity index (χ4n) is 5.10. The first-order valence-electron chi connectivity index (χ1n) is 14.0. The second-order valence-electron chi connectivity index (χ2n) is 10.1. The number of Topliss-reactive ketones (excluding diaryl/α,β-unsaturated/α-hetero) is 1. The molecule has 4 aromatic rings. The molecule has 5 rings (SSSR count). The molecule has 0 spiro atoms. The van der Waals surface area contributed by atoms with Crippen LogP contribution >= 0.6 is 11.8 Å². The molecule has 2 heterocycles. The average molecular weight is 633 g/mol. The Morgan fingerprint density at radius 1 is 0.800 bits per heavy atom. The molecule has 0 radical (unpaired) electrons. The summed E-state index contributed by atoms with van der Waals surface area (Å²) in [6.07, 6.45) is -0.0676. The topological polar surface area (TPSA) is 120 Å². The minimum absolute atomic E-state index is 0.0200. The number of aryl methyl sites for hydroxylation is 1. The molecule has 1 saturated heterocycles. The van der Waals surface area contributed by atoms with E-state index in [2.05, 4.69) is 0 Å². The molecule has 10 nitrogen and oxygen atoms in total. The first-order chi connectivity index (χ1) is 21.7. The van der Waals surface area contributed by atoms with Crippen molar-refractivity contribution in [3.63, 3.8) is 0 Å². The Kier molecular flexibility index (Phi) is 9.38. The zero-order valence-corrected chi connectivity index (χ0v) is 26.5. The van der Waals surface area contributed by atoms with Gasteiger partial charge >= 0.3 is 0 Å². The molecular formula is C34H32O10S. The molecule has 0 amide bonds. The van der Waals surface area contributed by atoms with Crippen molar-refractivity contribution >= 4 is 39.2 Å². The van der Waals surface area contributed by atoms with Gasteiger partial charge in [-0.15, -0.1) is 0 Å². The van der Waals surface area contributed by atoms with Crippen LogP contribution in [0, 0.1) is 6.92 Å². The van der Waals surface area contributed by atoms with Crippen LogP contribution in [-0.2, 0) is 9.59 Å². The summed E-state index contributed by atoms with van der Waals surface area (Å²) in [5.41, 5.74) is 2.87. The van der Waals surface area contributed by atoms with Gasteiger partial charge in [-0.3, -0.25) is 14.4 Å². The quantitative estimate of drug-likeness (QED) is 0.106. The summed E-state index contributed by atoms with van der Waals surface area (Å²) in [5, 5.41) is 0.0645. The number of methoxy groups -OCH3 is 4. The fourth-order valence-corrected chi connectivity index (χ4v) is 5.98. The van der Waals surface area contributed by atoms with E-state index in [9.17, 15) is 14.4 Å². The molecule has 0 saturated carbocycles. The van der Waals surface area contributed by atoms with Gasteiger partial charge in [-0.05, 0) is 72.6 Å². The van der Waals surface area contributed by atoms with E-state index in [0.717, 1.165) is 28.5 Å². The Morgan fingerprint density at radius 2 is 1.53 bits per heavy atom. The van der Waals surface area contributed by atoms with Crippen LogP contribution in [0.1, 0.15) is 24.5 Å². The molecule has 45 heavy (non-hydrogen) atoms. The molecule has 0 N–H and O–H groups in total. The van der Waals surface area contributed by atoms with Crippen molar-refractivity contribution in [2.45, 2.75) is 20.3 Å². The van der Waals surface area contributed by atoms with Gasteiger partial charge in [0.2, 0.25) is 16.3 Å². The first kappa shape index (κ1) is 31.5. The van der Waals surface area contributed by atoms with Crippen LogP contribution in [-0.4, -0.2) is 52.6 Å². The summed E-state index contributed by atoms with van der Waals surface area (Å²) in [7, 11) is 6.02. The minimum Gasteiger partial charge on any atom is -0.496 e. The number of fused-ring (bicyclic) bond motifs is 1. The molecule has 1 aromatic heterocycles. The lowest BCUT2D eigenvalue weighted by Gasteiger charge is -2.16. The molecule has 0 bridgehead atoms. The van der Waals surface area contributed by atoms with Gasteiger partial charge in [-0.25, -0.2) is 0 Å². The number of rotatable bonds is 11. The Bertz CT molecular complexity index is 1890. The van der Waals surface area contributed by atoms with Crippen LogP contribution in [0.25, 0.3) is 27.9 Å². The highest BCUT2D eigenvalue weighted by atomic mass is 32.2. The number of ether oxygens (including phenoxy) is 6. The summed E-state index contributed by atoms with van der Waals surface area (Å²) in [6.45, 7) is 3.88.